The molecule has 1 atom stereocenters. The Morgan fingerprint density at radius 1 is 1.00 bits per heavy atom. The van der Waals surface area contributed by atoms with Gasteiger partial charge in [0.15, 0.2) is 0 Å². The second-order valence-corrected chi connectivity index (χ2v) is 8.89. The van der Waals surface area contributed by atoms with Crippen LogP contribution < -0.4 is 20.8 Å². The van der Waals surface area contributed by atoms with E-state index in [9.17, 15) is 19.5 Å². The largest absolute Gasteiger partial charge is 0.480 e. The zero-order valence-corrected chi connectivity index (χ0v) is 20.8. The number of piperazine rings is 1. The fourth-order valence-corrected chi connectivity index (χ4v) is 4.18. The van der Waals surface area contributed by atoms with E-state index in [0.717, 1.165) is 35.7 Å². The molecule has 1 aromatic carbocycles. The lowest BCUT2D eigenvalue weighted by Crippen LogP contribution is -2.48. The third-order valence-electron chi connectivity index (χ3n) is 6.11. The van der Waals surface area contributed by atoms with E-state index in [-0.39, 0.29) is 13.2 Å². The third kappa shape index (κ3) is 6.63. The van der Waals surface area contributed by atoms with Crippen LogP contribution in [0.25, 0.3) is 0 Å². The van der Waals surface area contributed by atoms with Gasteiger partial charge < -0.3 is 25.0 Å². The van der Waals surface area contributed by atoms with E-state index >= 15 is 0 Å². The normalized spacial score (nSPS) is 14.2. The molecule has 3 heterocycles. The maximum absolute atomic E-state index is 12.8. The molecule has 0 saturated carbocycles. The quantitative estimate of drug-likeness (QED) is 0.471. The predicted molar refractivity (Wildman–Crippen MR) is 138 cm³/mol. The lowest BCUT2D eigenvalue weighted by Gasteiger charge is -2.36. The molecule has 0 bridgehead atoms. The summed E-state index contributed by atoms with van der Waals surface area (Å²) >= 11 is 0. The number of benzene rings is 1. The maximum Gasteiger partial charge on any atom is 0.408 e. The topological polar surface area (TPSA) is 130 Å². The summed E-state index contributed by atoms with van der Waals surface area (Å²) in [6.45, 7) is 6.30. The van der Waals surface area contributed by atoms with Gasteiger partial charge in [-0.2, -0.15) is 4.98 Å². The number of hydrogen-bond donors (Lipinski definition) is 2. The number of aliphatic carboxylic acids is 1. The van der Waals surface area contributed by atoms with Crippen molar-refractivity contribution in [2.45, 2.75) is 33.0 Å². The fraction of sp³-hybridized carbons (Fsp3) is 0.346. The van der Waals surface area contributed by atoms with E-state index in [0.29, 0.717) is 18.9 Å². The molecule has 4 rings (SSSR count). The van der Waals surface area contributed by atoms with Crippen molar-refractivity contribution >= 4 is 23.7 Å². The van der Waals surface area contributed by atoms with Crippen molar-refractivity contribution in [1.29, 1.82) is 0 Å². The Hall–Kier alpha value is -4.41. The number of nitrogens with zero attached hydrogens (tertiary/aromatic N) is 5. The molecule has 1 fully saturated rings. The lowest BCUT2D eigenvalue weighted by molar-refractivity contribution is -0.139. The molecule has 1 aliphatic rings. The van der Waals surface area contributed by atoms with Crippen molar-refractivity contribution in [3.63, 3.8) is 0 Å². The molecule has 2 N–H and O–H groups in total. The number of carboxylic acid groups (broad SMARTS) is 1. The summed E-state index contributed by atoms with van der Waals surface area (Å²) in [4.78, 5) is 49.8. The number of nitrogens with one attached hydrogen (secondary N) is 1. The van der Waals surface area contributed by atoms with Crippen LogP contribution in [0.1, 0.15) is 16.8 Å². The van der Waals surface area contributed by atoms with Gasteiger partial charge in [-0.25, -0.2) is 19.4 Å². The van der Waals surface area contributed by atoms with Crippen LogP contribution in [-0.2, 0) is 22.7 Å². The minimum Gasteiger partial charge on any atom is -0.480 e. The van der Waals surface area contributed by atoms with Crippen LogP contribution in [0.15, 0.2) is 59.5 Å². The molecule has 0 spiro atoms. The smallest absolute Gasteiger partial charge is 0.408 e. The monoisotopic (exact) mass is 506 g/mol. The molecule has 0 unspecified atom stereocenters. The minimum atomic E-state index is -1.36. The van der Waals surface area contributed by atoms with Gasteiger partial charge in [0.25, 0.3) is 0 Å². The van der Waals surface area contributed by atoms with E-state index in [1.165, 1.54) is 4.57 Å². The van der Waals surface area contributed by atoms with Crippen LogP contribution >= 0.6 is 0 Å². The van der Waals surface area contributed by atoms with Gasteiger partial charge in [-0.15, -0.1) is 0 Å². The highest BCUT2D eigenvalue weighted by molar-refractivity contribution is 5.79. The van der Waals surface area contributed by atoms with Crippen LogP contribution in [-0.4, -0.2) is 63.9 Å². The number of alkyl carbamates (subject to hydrolysis) is 1. The molecule has 0 aliphatic carbocycles. The number of hydrogen-bond acceptors (Lipinski definition) is 8. The second kappa shape index (κ2) is 11.5. The van der Waals surface area contributed by atoms with Crippen LogP contribution in [0.4, 0.5) is 16.4 Å². The summed E-state index contributed by atoms with van der Waals surface area (Å²) in [5.41, 5.74) is 1.87. The Bertz CT molecular complexity index is 1300. The van der Waals surface area contributed by atoms with Gasteiger partial charge in [-0.05, 0) is 31.5 Å². The predicted octanol–water partition coefficient (Wildman–Crippen LogP) is 1.96. The molecule has 194 valence electrons. The highest BCUT2D eigenvalue weighted by Crippen LogP contribution is 2.20. The summed E-state index contributed by atoms with van der Waals surface area (Å²) in [7, 11) is 0. The number of carbonyl (C=O) groups excluding carboxylic acids is 1. The summed E-state index contributed by atoms with van der Waals surface area (Å²) in [5, 5.41) is 11.9. The molecule has 1 saturated heterocycles. The maximum atomic E-state index is 12.8. The van der Waals surface area contributed by atoms with Gasteiger partial charge in [0, 0.05) is 43.6 Å². The summed E-state index contributed by atoms with van der Waals surface area (Å²) < 4.78 is 6.31. The van der Waals surface area contributed by atoms with Gasteiger partial charge in [0.05, 0.1) is 6.54 Å². The first-order valence-corrected chi connectivity index (χ1v) is 12.0. The number of pyridine rings is 1. The summed E-state index contributed by atoms with van der Waals surface area (Å²) in [6.07, 6.45) is 0.693. The molecular weight excluding hydrogens is 476 g/mol. The number of amides is 1. The van der Waals surface area contributed by atoms with Gasteiger partial charge in [0.1, 0.15) is 24.3 Å². The van der Waals surface area contributed by atoms with Crippen LogP contribution in [0.2, 0.25) is 0 Å². The zero-order valence-electron chi connectivity index (χ0n) is 20.8. The van der Waals surface area contributed by atoms with Crippen molar-refractivity contribution in [3.8, 4) is 0 Å². The zero-order chi connectivity index (χ0) is 26.4. The van der Waals surface area contributed by atoms with Crippen molar-refractivity contribution in [3.05, 3.63) is 82.0 Å². The number of carboxylic acids is 1. The van der Waals surface area contributed by atoms with Gasteiger partial charge >= 0.3 is 17.8 Å². The standard InChI is InChI=1S/C26H30N6O5/c1-18-15-32(16-21(24(33)34)28-26(36)37-17-20-8-4-3-5-9-20)25(35)29-23(18)31-13-11-30(12-14-31)22-10-6-7-19(2)27-22/h3-10,15,21H,11-14,16-17H2,1-2H3,(H,28,36)(H,33,34)/t21-/m0/s1. The Morgan fingerprint density at radius 2 is 1.70 bits per heavy atom. The first-order valence-electron chi connectivity index (χ1n) is 12.0. The van der Waals surface area contributed by atoms with E-state index in [1.54, 1.807) is 18.3 Å². The third-order valence-corrected chi connectivity index (χ3v) is 6.11. The molecule has 1 aliphatic heterocycles. The van der Waals surface area contributed by atoms with Gasteiger partial charge in [-0.3, -0.25) is 4.57 Å². The van der Waals surface area contributed by atoms with Crippen LogP contribution in [0.3, 0.4) is 0 Å². The van der Waals surface area contributed by atoms with Crippen LogP contribution in [0, 0.1) is 13.8 Å². The van der Waals surface area contributed by atoms with Crippen molar-refractivity contribution in [2.75, 3.05) is 36.0 Å². The summed E-state index contributed by atoms with van der Waals surface area (Å²) in [5.74, 6) is 0.209. The Morgan fingerprint density at radius 3 is 2.38 bits per heavy atom. The number of aromatic nitrogens is 3. The second-order valence-electron chi connectivity index (χ2n) is 8.89. The average molecular weight is 507 g/mol. The SMILES string of the molecule is Cc1cccc(N2CCN(c3nc(=O)n(C[C@H](NC(=O)OCc4ccccc4)C(=O)O)cc3C)CC2)n1. The lowest BCUT2D eigenvalue weighted by atomic mass is 10.2. The van der Waals surface area contributed by atoms with Crippen molar-refractivity contribution in [2.24, 2.45) is 0 Å². The Balaban J connectivity index is 1.38. The molecule has 2 aromatic heterocycles. The summed E-state index contributed by atoms with van der Waals surface area (Å²) in [6, 6.07) is 13.6. The number of rotatable bonds is 8. The Labute approximate surface area is 214 Å². The number of ether oxygens (including phenoxy) is 1. The van der Waals surface area contributed by atoms with E-state index in [4.69, 9.17) is 4.74 Å². The van der Waals surface area contributed by atoms with Gasteiger partial charge in [0.2, 0.25) is 0 Å². The minimum absolute atomic E-state index is 0.00151. The van der Waals surface area contributed by atoms with Crippen molar-refractivity contribution < 1.29 is 19.4 Å². The highest BCUT2D eigenvalue weighted by Gasteiger charge is 2.24. The molecule has 37 heavy (non-hydrogen) atoms. The Kier molecular flexibility index (Phi) is 8.02. The molecule has 11 nitrogen and oxygen atoms in total. The van der Waals surface area contributed by atoms with E-state index in [2.05, 4.69) is 20.2 Å². The number of anilines is 2. The highest BCUT2D eigenvalue weighted by atomic mass is 16.5. The molecule has 0 radical (unpaired) electrons. The average Bonchev–Trinajstić information content (AvgIpc) is 2.89. The molecular formula is C26H30N6O5. The number of carbonyl (C=O) groups is 2. The van der Waals surface area contributed by atoms with Crippen molar-refractivity contribution in [1.82, 2.24) is 19.9 Å². The molecule has 3 aromatic rings. The van der Waals surface area contributed by atoms with E-state index < -0.39 is 23.8 Å². The molecule has 11 heteroatoms. The first-order chi connectivity index (χ1) is 17.8. The first kappa shape index (κ1) is 25.7. The number of aryl methyl sites for hydroxylation is 2. The molecule has 1 amide bonds. The van der Waals surface area contributed by atoms with E-state index in [1.807, 2.05) is 55.1 Å². The van der Waals surface area contributed by atoms with Gasteiger partial charge in [-0.1, -0.05) is 36.4 Å². The fourth-order valence-electron chi connectivity index (χ4n) is 4.18. The van der Waals surface area contributed by atoms with Crippen LogP contribution in [0.5, 0.6) is 0 Å².